The van der Waals surface area contributed by atoms with Crippen LogP contribution >= 0.6 is 22.9 Å². The Labute approximate surface area is 94.7 Å². The number of rotatable bonds is 5. The predicted molar refractivity (Wildman–Crippen MR) is 63.0 cm³/mol. The van der Waals surface area contributed by atoms with Gasteiger partial charge in [-0.05, 0) is 18.4 Å². The summed E-state index contributed by atoms with van der Waals surface area (Å²) in [5, 5.41) is 12.4. The minimum absolute atomic E-state index is 0.328. The largest absolute Gasteiger partial charge is 0.388 e. The molecule has 0 aliphatic rings. The highest BCUT2D eigenvalue weighted by Gasteiger charge is 2.09. The van der Waals surface area contributed by atoms with Crippen molar-refractivity contribution < 1.29 is 5.11 Å². The summed E-state index contributed by atoms with van der Waals surface area (Å²) in [4.78, 5) is 0.985. The quantitative estimate of drug-likeness (QED) is 0.804. The zero-order valence-corrected chi connectivity index (χ0v) is 10.2. The molecule has 1 aromatic rings. The van der Waals surface area contributed by atoms with Crippen LogP contribution in [0.3, 0.4) is 0 Å². The number of aliphatic hydroxyl groups is 1. The summed E-state index contributed by atoms with van der Waals surface area (Å²) in [6.45, 7) is 4.41. The molecule has 1 N–H and O–H groups in total. The van der Waals surface area contributed by atoms with E-state index in [0.717, 1.165) is 22.7 Å². The van der Waals surface area contributed by atoms with Crippen molar-refractivity contribution in [2.24, 2.45) is 5.92 Å². The molecule has 0 aliphatic heterocycles. The predicted octanol–water partition coefficient (Wildman–Crippen LogP) is 4.26. The maximum Gasteiger partial charge on any atom is 0.0882 e. The van der Waals surface area contributed by atoms with Gasteiger partial charge in [0.1, 0.15) is 0 Å². The Kier molecular flexibility index (Phi) is 4.93. The van der Waals surface area contributed by atoms with Gasteiger partial charge < -0.3 is 5.11 Å². The third kappa shape index (κ3) is 3.99. The zero-order chi connectivity index (χ0) is 10.6. The van der Waals surface area contributed by atoms with E-state index in [-0.39, 0.29) is 6.10 Å². The van der Waals surface area contributed by atoms with Crippen LogP contribution in [-0.2, 0) is 0 Å². The van der Waals surface area contributed by atoms with Crippen LogP contribution in [-0.4, -0.2) is 5.11 Å². The van der Waals surface area contributed by atoms with E-state index in [1.165, 1.54) is 17.8 Å². The Morgan fingerprint density at radius 3 is 2.64 bits per heavy atom. The summed E-state index contributed by atoms with van der Waals surface area (Å²) in [6.07, 6.45) is 2.77. The van der Waals surface area contributed by atoms with Gasteiger partial charge >= 0.3 is 0 Å². The van der Waals surface area contributed by atoms with Gasteiger partial charge in [-0.15, -0.1) is 11.3 Å². The molecule has 80 valence electrons. The van der Waals surface area contributed by atoms with Crippen LogP contribution in [0.5, 0.6) is 0 Å². The summed E-state index contributed by atoms with van der Waals surface area (Å²) < 4.78 is 0. The summed E-state index contributed by atoms with van der Waals surface area (Å²) in [7, 11) is 0. The molecule has 0 aliphatic carbocycles. The number of halogens is 1. The molecule has 0 amide bonds. The van der Waals surface area contributed by atoms with Gasteiger partial charge in [-0.1, -0.05) is 38.3 Å². The fourth-order valence-corrected chi connectivity index (χ4v) is 2.47. The van der Waals surface area contributed by atoms with Gasteiger partial charge in [-0.25, -0.2) is 0 Å². The van der Waals surface area contributed by atoms with E-state index in [9.17, 15) is 5.11 Å². The van der Waals surface area contributed by atoms with Crippen molar-refractivity contribution in [2.45, 2.75) is 39.2 Å². The van der Waals surface area contributed by atoms with E-state index in [2.05, 4.69) is 13.8 Å². The normalized spacial score (nSPS) is 13.5. The fourth-order valence-electron chi connectivity index (χ4n) is 1.36. The first-order valence-electron chi connectivity index (χ1n) is 5.01. The second kappa shape index (κ2) is 5.74. The average Bonchev–Trinajstić information content (AvgIpc) is 2.51. The van der Waals surface area contributed by atoms with Crippen LogP contribution < -0.4 is 0 Å². The highest BCUT2D eigenvalue weighted by molar-refractivity contribution is 7.10. The molecule has 3 heteroatoms. The second-order valence-corrected chi connectivity index (χ2v) is 5.39. The first kappa shape index (κ1) is 12.0. The van der Waals surface area contributed by atoms with Gasteiger partial charge in [-0.3, -0.25) is 0 Å². The van der Waals surface area contributed by atoms with E-state index in [0.29, 0.717) is 5.92 Å². The number of hydrogen-bond acceptors (Lipinski definition) is 2. The molecule has 1 heterocycles. The number of hydrogen-bond donors (Lipinski definition) is 1. The smallest absolute Gasteiger partial charge is 0.0882 e. The van der Waals surface area contributed by atoms with Crippen LogP contribution in [0.15, 0.2) is 11.4 Å². The molecule has 14 heavy (non-hydrogen) atoms. The Morgan fingerprint density at radius 1 is 1.43 bits per heavy atom. The van der Waals surface area contributed by atoms with Gasteiger partial charge in [0.2, 0.25) is 0 Å². The van der Waals surface area contributed by atoms with Crippen molar-refractivity contribution in [1.82, 2.24) is 0 Å². The van der Waals surface area contributed by atoms with E-state index < -0.39 is 0 Å². The molecule has 1 aromatic heterocycles. The summed E-state index contributed by atoms with van der Waals surface area (Å²) in [5.41, 5.74) is 0. The molecule has 0 fully saturated rings. The zero-order valence-electron chi connectivity index (χ0n) is 8.66. The van der Waals surface area contributed by atoms with Crippen molar-refractivity contribution in [3.63, 3.8) is 0 Å². The molecule has 1 atom stereocenters. The Morgan fingerprint density at radius 2 is 2.14 bits per heavy atom. The highest BCUT2D eigenvalue weighted by atomic mass is 35.5. The lowest BCUT2D eigenvalue weighted by molar-refractivity contribution is 0.165. The Balaban J connectivity index is 2.32. The minimum atomic E-state index is -0.328. The minimum Gasteiger partial charge on any atom is -0.388 e. The summed E-state index contributed by atoms with van der Waals surface area (Å²) in [5.74, 6) is 0.717. The first-order valence-corrected chi connectivity index (χ1v) is 6.27. The third-order valence-corrected chi connectivity index (χ3v) is 3.56. The van der Waals surface area contributed by atoms with Gasteiger partial charge in [-0.2, -0.15) is 0 Å². The lowest BCUT2D eigenvalue weighted by atomic mass is 10.0. The lowest BCUT2D eigenvalue weighted by Gasteiger charge is -2.09. The first-order chi connectivity index (χ1) is 6.59. The summed E-state index contributed by atoms with van der Waals surface area (Å²) >= 11 is 7.32. The van der Waals surface area contributed by atoms with E-state index in [4.69, 9.17) is 11.6 Å². The molecule has 0 bridgehead atoms. The standard InChI is InChI=1S/C11H17ClOS/c1-8(2)4-3-5-10(13)11-6-9(12)7-14-11/h6-8,10,13H,3-5H2,1-2H3. The van der Waals surface area contributed by atoms with Crippen LogP contribution in [0.1, 0.15) is 44.1 Å². The number of aliphatic hydroxyl groups excluding tert-OH is 1. The van der Waals surface area contributed by atoms with Crippen molar-refractivity contribution in [3.8, 4) is 0 Å². The molecule has 0 radical (unpaired) electrons. The van der Waals surface area contributed by atoms with Crippen LogP contribution in [0, 0.1) is 5.92 Å². The van der Waals surface area contributed by atoms with Crippen molar-refractivity contribution in [3.05, 3.63) is 21.3 Å². The number of thiophene rings is 1. The molecule has 1 unspecified atom stereocenters. The van der Waals surface area contributed by atoms with Crippen LogP contribution in [0.2, 0.25) is 5.02 Å². The SMILES string of the molecule is CC(C)CCCC(O)c1cc(Cl)cs1. The Bertz CT molecular complexity index is 270. The topological polar surface area (TPSA) is 20.2 Å². The van der Waals surface area contributed by atoms with Crippen molar-refractivity contribution in [1.29, 1.82) is 0 Å². The molecular weight excluding hydrogens is 216 g/mol. The van der Waals surface area contributed by atoms with Gasteiger partial charge in [0.05, 0.1) is 11.1 Å². The maximum absolute atomic E-state index is 9.80. The van der Waals surface area contributed by atoms with Gasteiger partial charge in [0, 0.05) is 10.3 Å². The highest BCUT2D eigenvalue weighted by Crippen LogP contribution is 2.28. The molecule has 0 saturated heterocycles. The van der Waals surface area contributed by atoms with Crippen LogP contribution in [0.25, 0.3) is 0 Å². The van der Waals surface area contributed by atoms with Gasteiger partial charge in [0.25, 0.3) is 0 Å². The molecular formula is C11H17ClOS. The van der Waals surface area contributed by atoms with E-state index in [1.54, 1.807) is 0 Å². The van der Waals surface area contributed by atoms with Gasteiger partial charge in [0.15, 0.2) is 0 Å². The summed E-state index contributed by atoms with van der Waals surface area (Å²) in [6, 6.07) is 1.85. The fraction of sp³-hybridized carbons (Fsp3) is 0.636. The average molecular weight is 233 g/mol. The molecule has 1 rings (SSSR count). The molecule has 0 spiro atoms. The molecule has 0 saturated carbocycles. The van der Waals surface area contributed by atoms with E-state index >= 15 is 0 Å². The molecule has 0 aromatic carbocycles. The Hall–Kier alpha value is -0.0500. The second-order valence-electron chi connectivity index (χ2n) is 4.01. The monoisotopic (exact) mass is 232 g/mol. The van der Waals surface area contributed by atoms with Crippen molar-refractivity contribution in [2.75, 3.05) is 0 Å². The third-order valence-electron chi connectivity index (χ3n) is 2.18. The lowest BCUT2D eigenvalue weighted by Crippen LogP contribution is -1.96. The maximum atomic E-state index is 9.80. The molecule has 1 nitrogen and oxygen atoms in total. The van der Waals surface area contributed by atoms with Crippen LogP contribution in [0.4, 0.5) is 0 Å². The van der Waals surface area contributed by atoms with E-state index in [1.807, 2.05) is 11.4 Å². The van der Waals surface area contributed by atoms with Crippen molar-refractivity contribution >= 4 is 22.9 Å².